The van der Waals surface area contributed by atoms with E-state index >= 15 is 0 Å². The van der Waals surface area contributed by atoms with Gasteiger partial charge in [0.15, 0.2) is 0 Å². The molecule has 1 fully saturated rings. The maximum absolute atomic E-state index is 12.6. The third kappa shape index (κ3) is 5.52. The van der Waals surface area contributed by atoms with Gasteiger partial charge in [-0.25, -0.2) is 9.78 Å². The van der Waals surface area contributed by atoms with Crippen molar-refractivity contribution < 1.29 is 9.53 Å². The molecule has 1 aliphatic rings. The van der Waals surface area contributed by atoms with Gasteiger partial charge in [0.2, 0.25) is 5.13 Å². The Morgan fingerprint density at radius 1 is 1.06 bits per heavy atom. The number of hydrogen-bond donors (Lipinski definition) is 1. The molecule has 2 amide bonds. The van der Waals surface area contributed by atoms with Crippen molar-refractivity contribution in [1.82, 2.24) is 14.3 Å². The molecule has 162 valence electrons. The van der Waals surface area contributed by atoms with E-state index in [1.54, 1.807) is 0 Å². The number of anilines is 2. The van der Waals surface area contributed by atoms with E-state index in [0.29, 0.717) is 19.7 Å². The SMILES string of the molecule is CCOc1ccc(NC(=O)N2CCN(c3nc(Cc4ccc(C)cc4)ns3)CC2)cc1. The molecule has 8 heteroatoms. The number of ether oxygens (including phenoxy) is 1. The zero-order chi connectivity index (χ0) is 21.6. The maximum Gasteiger partial charge on any atom is 0.321 e. The van der Waals surface area contributed by atoms with E-state index in [1.807, 2.05) is 36.1 Å². The molecule has 0 unspecified atom stereocenters. The summed E-state index contributed by atoms with van der Waals surface area (Å²) >= 11 is 1.43. The van der Waals surface area contributed by atoms with Crippen LogP contribution < -0.4 is 15.0 Å². The van der Waals surface area contributed by atoms with Crippen molar-refractivity contribution in [2.45, 2.75) is 20.3 Å². The van der Waals surface area contributed by atoms with Crippen LogP contribution in [-0.2, 0) is 6.42 Å². The van der Waals surface area contributed by atoms with Gasteiger partial charge in [-0.3, -0.25) is 0 Å². The summed E-state index contributed by atoms with van der Waals surface area (Å²) in [6.45, 7) is 7.44. The molecule has 0 spiro atoms. The molecule has 1 aromatic heterocycles. The highest BCUT2D eigenvalue weighted by atomic mass is 32.1. The van der Waals surface area contributed by atoms with Crippen LogP contribution >= 0.6 is 11.5 Å². The van der Waals surface area contributed by atoms with Crippen LogP contribution in [0.15, 0.2) is 48.5 Å². The first-order valence-corrected chi connectivity index (χ1v) is 11.3. The summed E-state index contributed by atoms with van der Waals surface area (Å²) in [7, 11) is 0. The van der Waals surface area contributed by atoms with Crippen LogP contribution in [0.1, 0.15) is 23.9 Å². The fourth-order valence-corrected chi connectivity index (χ4v) is 4.17. The molecule has 2 aromatic carbocycles. The van der Waals surface area contributed by atoms with Crippen molar-refractivity contribution in [2.75, 3.05) is 43.0 Å². The smallest absolute Gasteiger partial charge is 0.321 e. The molecular formula is C23H27N5O2S. The topological polar surface area (TPSA) is 70.6 Å². The number of nitrogens with zero attached hydrogens (tertiary/aromatic N) is 4. The van der Waals surface area contributed by atoms with Gasteiger partial charge in [0.1, 0.15) is 11.6 Å². The number of nitrogens with one attached hydrogen (secondary N) is 1. The molecule has 7 nitrogen and oxygen atoms in total. The quantitative estimate of drug-likeness (QED) is 0.626. The summed E-state index contributed by atoms with van der Waals surface area (Å²) in [5.74, 6) is 1.65. The molecule has 4 rings (SSSR count). The highest BCUT2D eigenvalue weighted by Crippen LogP contribution is 2.21. The van der Waals surface area contributed by atoms with Crippen molar-refractivity contribution >= 4 is 28.4 Å². The van der Waals surface area contributed by atoms with Gasteiger partial charge in [0, 0.05) is 49.8 Å². The van der Waals surface area contributed by atoms with Gasteiger partial charge in [-0.2, -0.15) is 4.37 Å². The second-order valence-electron chi connectivity index (χ2n) is 7.52. The molecule has 0 aliphatic carbocycles. The molecule has 1 saturated heterocycles. The lowest BCUT2D eigenvalue weighted by atomic mass is 10.1. The van der Waals surface area contributed by atoms with Crippen LogP contribution in [0.4, 0.5) is 15.6 Å². The third-order valence-corrected chi connectivity index (χ3v) is 6.01. The highest BCUT2D eigenvalue weighted by Gasteiger charge is 2.23. The first-order chi connectivity index (χ1) is 15.1. The second kappa shape index (κ2) is 9.78. The van der Waals surface area contributed by atoms with Crippen LogP contribution in [0, 0.1) is 6.92 Å². The zero-order valence-corrected chi connectivity index (χ0v) is 18.7. The lowest BCUT2D eigenvalue weighted by Gasteiger charge is -2.34. The molecule has 0 radical (unpaired) electrons. The van der Waals surface area contributed by atoms with Gasteiger partial charge < -0.3 is 19.9 Å². The molecule has 0 bridgehead atoms. The number of aryl methyl sites for hydroxylation is 1. The minimum absolute atomic E-state index is 0.0823. The number of hydrogen-bond acceptors (Lipinski definition) is 6. The van der Waals surface area contributed by atoms with Crippen LogP contribution in [0.5, 0.6) is 5.75 Å². The molecule has 1 N–H and O–H groups in total. The average molecular weight is 438 g/mol. The van der Waals surface area contributed by atoms with Gasteiger partial charge in [-0.15, -0.1) is 0 Å². The van der Waals surface area contributed by atoms with E-state index in [9.17, 15) is 4.79 Å². The Balaban J connectivity index is 1.27. The molecule has 31 heavy (non-hydrogen) atoms. The number of carbonyl (C=O) groups is 1. The Labute approximate surface area is 186 Å². The van der Waals surface area contributed by atoms with Crippen molar-refractivity contribution in [2.24, 2.45) is 0 Å². The lowest BCUT2D eigenvalue weighted by Crippen LogP contribution is -2.50. The molecule has 3 aromatic rings. The summed E-state index contributed by atoms with van der Waals surface area (Å²) < 4.78 is 9.96. The van der Waals surface area contributed by atoms with Crippen molar-refractivity contribution in [3.63, 3.8) is 0 Å². The largest absolute Gasteiger partial charge is 0.494 e. The summed E-state index contributed by atoms with van der Waals surface area (Å²) in [5, 5.41) is 3.88. The number of benzene rings is 2. The van der Waals surface area contributed by atoms with Gasteiger partial charge in [0.25, 0.3) is 0 Å². The van der Waals surface area contributed by atoms with Crippen molar-refractivity contribution in [1.29, 1.82) is 0 Å². The van der Waals surface area contributed by atoms with E-state index in [0.717, 1.165) is 41.9 Å². The molecule has 0 saturated carbocycles. The summed E-state index contributed by atoms with van der Waals surface area (Å²) in [4.78, 5) is 21.3. The van der Waals surface area contributed by atoms with Crippen molar-refractivity contribution in [3.05, 3.63) is 65.5 Å². The normalized spacial score (nSPS) is 13.9. The average Bonchev–Trinajstić information content (AvgIpc) is 3.25. The van der Waals surface area contributed by atoms with E-state index in [1.165, 1.54) is 22.7 Å². The molecule has 0 atom stereocenters. The van der Waals surface area contributed by atoms with E-state index < -0.39 is 0 Å². The molecular weight excluding hydrogens is 410 g/mol. The number of urea groups is 1. The highest BCUT2D eigenvalue weighted by molar-refractivity contribution is 7.09. The Bertz CT molecular complexity index is 996. The molecule has 1 aliphatic heterocycles. The van der Waals surface area contributed by atoms with E-state index in [2.05, 4.69) is 45.8 Å². The van der Waals surface area contributed by atoms with Crippen molar-refractivity contribution in [3.8, 4) is 5.75 Å². The first kappa shape index (κ1) is 21.1. The first-order valence-electron chi connectivity index (χ1n) is 10.5. The van der Waals surface area contributed by atoms with E-state index in [4.69, 9.17) is 9.72 Å². The Morgan fingerprint density at radius 2 is 1.77 bits per heavy atom. The zero-order valence-electron chi connectivity index (χ0n) is 17.9. The van der Waals surface area contributed by atoms with Crippen LogP contribution in [-0.4, -0.2) is 53.1 Å². The van der Waals surface area contributed by atoms with Crippen LogP contribution in [0.3, 0.4) is 0 Å². The Morgan fingerprint density at radius 3 is 2.45 bits per heavy atom. The minimum atomic E-state index is -0.0823. The van der Waals surface area contributed by atoms with Crippen LogP contribution in [0.2, 0.25) is 0 Å². The second-order valence-corrected chi connectivity index (χ2v) is 8.25. The van der Waals surface area contributed by atoms with Gasteiger partial charge in [-0.1, -0.05) is 29.8 Å². The number of carbonyl (C=O) groups excluding carboxylic acids is 1. The van der Waals surface area contributed by atoms with Gasteiger partial charge >= 0.3 is 6.03 Å². The Hall–Kier alpha value is -3.13. The lowest BCUT2D eigenvalue weighted by molar-refractivity contribution is 0.208. The van der Waals surface area contributed by atoms with Gasteiger partial charge in [0.05, 0.1) is 6.61 Å². The number of piperazine rings is 1. The number of aromatic nitrogens is 2. The maximum atomic E-state index is 12.6. The predicted octanol–water partition coefficient (Wildman–Crippen LogP) is 4.19. The summed E-state index contributed by atoms with van der Waals surface area (Å²) in [6, 6.07) is 15.8. The van der Waals surface area contributed by atoms with Gasteiger partial charge in [-0.05, 0) is 43.7 Å². The summed E-state index contributed by atoms with van der Waals surface area (Å²) in [6.07, 6.45) is 0.737. The van der Waals surface area contributed by atoms with Crippen LogP contribution in [0.25, 0.3) is 0 Å². The number of rotatable bonds is 6. The van der Waals surface area contributed by atoms with E-state index in [-0.39, 0.29) is 6.03 Å². The fourth-order valence-electron chi connectivity index (χ4n) is 3.44. The number of amides is 2. The fraction of sp³-hybridized carbons (Fsp3) is 0.348. The minimum Gasteiger partial charge on any atom is -0.494 e. The Kier molecular flexibility index (Phi) is 6.66. The summed E-state index contributed by atoms with van der Waals surface area (Å²) in [5.41, 5.74) is 3.23. The molecule has 2 heterocycles. The predicted molar refractivity (Wildman–Crippen MR) is 124 cm³/mol. The third-order valence-electron chi connectivity index (χ3n) is 5.19. The monoisotopic (exact) mass is 437 g/mol. The standard InChI is InChI=1S/C23H27N5O2S/c1-3-30-20-10-8-19(9-11-20)24-22(29)27-12-14-28(15-13-27)23-25-21(26-31-23)16-18-6-4-17(2)5-7-18/h4-11H,3,12-16H2,1-2H3,(H,24,29).